The van der Waals surface area contributed by atoms with Crippen molar-refractivity contribution in [1.82, 2.24) is 9.78 Å². The third kappa shape index (κ3) is 3.71. The molecule has 0 atom stereocenters. The molecule has 2 rings (SSSR count). The van der Waals surface area contributed by atoms with Crippen molar-refractivity contribution in [2.24, 2.45) is 0 Å². The monoisotopic (exact) mass is 300 g/mol. The number of hydrogen-bond acceptors (Lipinski definition) is 4. The second kappa shape index (κ2) is 5.63. The minimum Gasteiger partial charge on any atom is -0.489 e. The summed E-state index contributed by atoms with van der Waals surface area (Å²) >= 11 is 0. The fourth-order valence-electron chi connectivity index (χ4n) is 1.52. The molecule has 0 radical (unpaired) electrons. The van der Waals surface area contributed by atoms with Gasteiger partial charge in [0.1, 0.15) is 12.4 Å². The van der Waals surface area contributed by atoms with E-state index < -0.39 is 9.05 Å². The van der Waals surface area contributed by atoms with Crippen LogP contribution in [0.2, 0.25) is 0 Å². The third-order valence-corrected chi connectivity index (χ3v) is 3.89. The molecule has 0 saturated carbocycles. The average Bonchev–Trinajstić information content (AvgIpc) is 2.84. The fourth-order valence-corrected chi connectivity index (χ4v) is 2.29. The first-order chi connectivity index (χ1) is 8.99. The van der Waals surface area contributed by atoms with Crippen molar-refractivity contribution in [2.45, 2.75) is 25.0 Å². The molecule has 1 aromatic heterocycles. The lowest BCUT2D eigenvalue weighted by Gasteiger charge is -2.04. The van der Waals surface area contributed by atoms with Gasteiger partial charge in [-0.3, -0.25) is 4.68 Å². The summed E-state index contributed by atoms with van der Waals surface area (Å²) < 4.78 is 29.5. The van der Waals surface area contributed by atoms with E-state index in [0.29, 0.717) is 12.4 Å². The molecule has 0 spiro atoms. The van der Waals surface area contributed by atoms with E-state index >= 15 is 0 Å². The Morgan fingerprint density at radius 1 is 1.32 bits per heavy atom. The number of benzene rings is 1. The molecule has 0 aliphatic rings. The molecule has 0 amide bonds. The van der Waals surface area contributed by atoms with Crippen molar-refractivity contribution in [1.29, 1.82) is 0 Å². The smallest absolute Gasteiger partial charge is 0.261 e. The van der Waals surface area contributed by atoms with Gasteiger partial charge in [-0.25, -0.2) is 8.42 Å². The van der Waals surface area contributed by atoms with Crippen molar-refractivity contribution < 1.29 is 13.2 Å². The maximum atomic E-state index is 11.1. The summed E-state index contributed by atoms with van der Waals surface area (Å²) in [6, 6.07) is 5.96. The van der Waals surface area contributed by atoms with Crippen LogP contribution < -0.4 is 4.74 Å². The van der Waals surface area contributed by atoms with Gasteiger partial charge in [0.15, 0.2) is 0 Å². The molecule has 0 aliphatic heterocycles. The number of rotatable bonds is 5. The maximum Gasteiger partial charge on any atom is 0.261 e. The highest BCUT2D eigenvalue weighted by molar-refractivity contribution is 8.13. The standard InChI is InChI=1S/C12H13ClN2O3S/c1-2-15-8-10(7-14-15)9-18-11-3-5-12(6-4-11)19(13,16)17/h3-8H,2,9H2,1H3. The van der Waals surface area contributed by atoms with Crippen LogP contribution in [-0.2, 0) is 22.2 Å². The first-order valence-corrected chi connectivity index (χ1v) is 7.99. The first kappa shape index (κ1) is 13.9. The Bertz CT molecular complexity index is 650. The number of aromatic nitrogens is 2. The van der Waals surface area contributed by atoms with Crippen molar-refractivity contribution >= 4 is 19.7 Å². The topological polar surface area (TPSA) is 61.2 Å². The van der Waals surface area contributed by atoms with Crippen LogP contribution in [0.5, 0.6) is 5.75 Å². The van der Waals surface area contributed by atoms with Crippen molar-refractivity contribution in [2.75, 3.05) is 0 Å². The van der Waals surface area contributed by atoms with E-state index in [1.165, 1.54) is 12.1 Å². The highest BCUT2D eigenvalue weighted by Gasteiger charge is 2.09. The third-order valence-electron chi connectivity index (χ3n) is 2.52. The molecule has 5 nitrogen and oxygen atoms in total. The maximum absolute atomic E-state index is 11.1. The molecule has 0 saturated heterocycles. The van der Waals surface area contributed by atoms with E-state index in [4.69, 9.17) is 15.4 Å². The number of halogens is 1. The van der Waals surface area contributed by atoms with Gasteiger partial charge in [-0.2, -0.15) is 5.10 Å². The zero-order valence-corrected chi connectivity index (χ0v) is 11.9. The van der Waals surface area contributed by atoms with E-state index in [9.17, 15) is 8.42 Å². The van der Waals surface area contributed by atoms with Crippen LogP contribution in [0.25, 0.3) is 0 Å². The molecule has 1 aromatic carbocycles. The lowest BCUT2D eigenvalue weighted by Crippen LogP contribution is -1.96. The second-order valence-electron chi connectivity index (χ2n) is 3.90. The lowest BCUT2D eigenvalue weighted by molar-refractivity contribution is 0.306. The van der Waals surface area contributed by atoms with Crippen LogP contribution in [-0.4, -0.2) is 18.2 Å². The zero-order chi connectivity index (χ0) is 13.9. The predicted octanol–water partition coefficient (Wildman–Crippen LogP) is 2.41. The predicted molar refractivity (Wildman–Crippen MR) is 71.7 cm³/mol. The van der Waals surface area contributed by atoms with Gasteiger partial charge >= 0.3 is 0 Å². The molecular formula is C12H13ClN2O3S. The molecule has 0 N–H and O–H groups in total. The molecule has 0 aliphatic carbocycles. The Balaban J connectivity index is 2.00. The lowest BCUT2D eigenvalue weighted by atomic mass is 10.3. The van der Waals surface area contributed by atoms with Gasteiger partial charge in [-0.15, -0.1) is 0 Å². The highest BCUT2D eigenvalue weighted by atomic mass is 35.7. The van der Waals surface area contributed by atoms with Gasteiger partial charge in [-0.05, 0) is 31.2 Å². The Morgan fingerprint density at radius 3 is 2.53 bits per heavy atom. The van der Waals surface area contributed by atoms with Crippen LogP contribution in [0, 0.1) is 0 Å². The minimum atomic E-state index is -3.68. The normalized spacial score (nSPS) is 11.5. The largest absolute Gasteiger partial charge is 0.489 e. The number of hydrogen-bond donors (Lipinski definition) is 0. The van der Waals surface area contributed by atoms with Crippen molar-refractivity contribution in [3.8, 4) is 5.75 Å². The number of aryl methyl sites for hydroxylation is 1. The Kier molecular flexibility index (Phi) is 4.11. The van der Waals surface area contributed by atoms with E-state index in [-0.39, 0.29) is 4.90 Å². The molecule has 0 unspecified atom stereocenters. The summed E-state index contributed by atoms with van der Waals surface area (Å²) in [4.78, 5) is 0.0559. The SMILES string of the molecule is CCn1cc(COc2ccc(S(=O)(=O)Cl)cc2)cn1. The summed E-state index contributed by atoms with van der Waals surface area (Å²) in [5.41, 5.74) is 0.955. The van der Waals surface area contributed by atoms with Crippen molar-refractivity contribution in [3.05, 3.63) is 42.2 Å². The van der Waals surface area contributed by atoms with Gasteiger partial charge in [0, 0.05) is 29.0 Å². The summed E-state index contributed by atoms with van der Waals surface area (Å²) in [6.07, 6.45) is 3.64. The molecule has 0 bridgehead atoms. The van der Waals surface area contributed by atoms with Gasteiger partial charge in [0.2, 0.25) is 0 Å². The number of ether oxygens (including phenoxy) is 1. The summed E-state index contributed by atoms with van der Waals surface area (Å²) in [5.74, 6) is 0.577. The van der Waals surface area contributed by atoms with Gasteiger partial charge in [0.25, 0.3) is 9.05 Å². The highest BCUT2D eigenvalue weighted by Crippen LogP contribution is 2.19. The molecule has 1 heterocycles. The average molecular weight is 301 g/mol. The molecule has 2 aromatic rings. The molecule has 7 heteroatoms. The molecule has 0 fully saturated rings. The van der Waals surface area contributed by atoms with Crippen LogP contribution >= 0.6 is 10.7 Å². The van der Waals surface area contributed by atoms with Crippen LogP contribution in [0.15, 0.2) is 41.6 Å². The first-order valence-electron chi connectivity index (χ1n) is 5.68. The van der Waals surface area contributed by atoms with Gasteiger partial charge in [-0.1, -0.05) is 0 Å². The Labute approximate surface area is 116 Å². The second-order valence-corrected chi connectivity index (χ2v) is 6.47. The summed E-state index contributed by atoms with van der Waals surface area (Å²) in [6.45, 7) is 3.19. The van der Waals surface area contributed by atoms with Gasteiger partial charge in [0.05, 0.1) is 11.1 Å². The van der Waals surface area contributed by atoms with Crippen LogP contribution in [0.4, 0.5) is 0 Å². The van der Waals surface area contributed by atoms with E-state index in [2.05, 4.69) is 5.10 Å². The quantitative estimate of drug-likeness (QED) is 0.796. The minimum absolute atomic E-state index is 0.0559. The Morgan fingerprint density at radius 2 is 2.00 bits per heavy atom. The fraction of sp³-hybridized carbons (Fsp3) is 0.250. The van der Waals surface area contributed by atoms with E-state index in [1.54, 1.807) is 18.3 Å². The molecular weight excluding hydrogens is 288 g/mol. The van der Waals surface area contributed by atoms with Crippen LogP contribution in [0.3, 0.4) is 0 Å². The number of nitrogens with zero attached hydrogens (tertiary/aromatic N) is 2. The molecule has 102 valence electrons. The van der Waals surface area contributed by atoms with Gasteiger partial charge < -0.3 is 4.74 Å². The Hall–Kier alpha value is -1.53. The van der Waals surface area contributed by atoms with Crippen LogP contribution in [0.1, 0.15) is 12.5 Å². The summed E-state index contributed by atoms with van der Waals surface area (Å²) in [5, 5.41) is 4.13. The van der Waals surface area contributed by atoms with E-state index in [1.807, 2.05) is 17.8 Å². The molecule has 19 heavy (non-hydrogen) atoms. The van der Waals surface area contributed by atoms with E-state index in [0.717, 1.165) is 12.1 Å². The zero-order valence-electron chi connectivity index (χ0n) is 10.3. The summed E-state index contributed by atoms with van der Waals surface area (Å²) in [7, 11) is 1.54. The van der Waals surface area contributed by atoms with Crippen molar-refractivity contribution in [3.63, 3.8) is 0 Å².